The number of ether oxygens (including phenoxy) is 3. The van der Waals surface area contributed by atoms with Crippen LogP contribution in [-0.4, -0.2) is 22.8 Å². The Hall–Kier alpha value is -1.77. The maximum atomic E-state index is 6.15. The minimum Gasteiger partial charge on any atom is -1.00 e. The summed E-state index contributed by atoms with van der Waals surface area (Å²) in [6.45, 7) is 4.33. The number of aromatic nitrogens is 3. The molecule has 3 heterocycles. The second-order valence-electron chi connectivity index (χ2n) is 7.27. The molecule has 0 radical (unpaired) electrons. The van der Waals surface area contributed by atoms with Crippen molar-refractivity contribution in [2.75, 3.05) is 12.9 Å². The van der Waals surface area contributed by atoms with Gasteiger partial charge in [0, 0.05) is 24.0 Å². The lowest BCUT2D eigenvalue weighted by Crippen LogP contribution is -3.00. The molecule has 6 nitrogen and oxygen atoms in total. The highest BCUT2D eigenvalue weighted by atomic mass is 35.5. The molecule has 3 aromatic rings. The van der Waals surface area contributed by atoms with Crippen molar-refractivity contribution in [3.05, 3.63) is 42.0 Å². The van der Waals surface area contributed by atoms with Crippen LogP contribution in [0, 0.1) is 6.92 Å². The van der Waals surface area contributed by atoms with Crippen molar-refractivity contribution in [3.8, 4) is 17.2 Å². The molecule has 0 fully saturated rings. The van der Waals surface area contributed by atoms with E-state index < -0.39 is 6.41 Å². The highest BCUT2D eigenvalue weighted by molar-refractivity contribution is 8.76. The van der Waals surface area contributed by atoms with E-state index in [1.54, 1.807) is 13.4 Å². The largest absolute Gasteiger partial charge is 1.00 e. The molecule has 31 heavy (non-hydrogen) atoms. The van der Waals surface area contributed by atoms with Gasteiger partial charge in [-0.05, 0) is 13.3 Å². The van der Waals surface area contributed by atoms with Crippen molar-refractivity contribution in [1.82, 2.24) is 9.97 Å². The van der Waals surface area contributed by atoms with E-state index in [9.17, 15) is 0 Å². The standard InChI is InChI=1S/C22H28N3O3S2.ClH/c1-4-5-6-7-10-29-30-13-18-15(2)19(26-3)8-9-25(18)22-27-20-11-16-17(24-14-23-16)12-21(20)28-22;/h8-9,11-12,14,22H,4-7,10,13H2,1-3H3,(H,23,24);1H/q+1;/p-1. The number of hydrogen-bond acceptors (Lipinski definition) is 6. The van der Waals surface area contributed by atoms with Gasteiger partial charge in [-0.3, -0.25) is 0 Å². The minimum atomic E-state index is -0.540. The summed E-state index contributed by atoms with van der Waals surface area (Å²) in [6.07, 6.45) is 8.29. The third kappa shape index (κ3) is 5.35. The van der Waals surface area contributed by atoms with Crippen molar-refractivity contribution in [1.29, 1.82) is 0 Å². The molecule has 1 aromatic carbocycles. The Morgan fingerprint density at radius 2 is 1.97 bits per heavy atom. The van der Waals surface area contributed by atoms with Gasteiger partial charge in [-0.1, -0.05) is 47.8 Å². The molecule has 1 atom stereocenters. The van der Waals surface area contributed by atoms with Crippen LogP contribution in [0.2, 0.25) is 0 Å². The second-order valence-corrected chi connectivity index (χ2v) is 9.85. The maximum Gasteiger partial charge on any atom is 0.468 e. The SMILES string of the molecule is CCCCCCSSCc1c(C)c(OC)cc[n+]1C1Oc2cc3nc[nH]c3cc2O1.[Cl-]. The lowest BCUT2D eigenvalue weighted by molar-refractivity contribution is -0.788. The fraction of sp³-hybridized carbons (Fsp3) is 0.455. The first-order chi connectivity index (χ1) is 14.7. The van der Waals surface area contributed by atoms with Crippen LogP contribution >= 0.6 is 21.6 Å². The molecule has 1 aliphatic heterocycles. The van der Waals surface area contributed by atoms with Crippen LogP contribution in [0.3, 0.4) is 0 Å². The van der Waals surface area contributed by atoms with E-state index in [1.807, 2.05) is 46.0 Å². The Kier molecular flexibility index (Phi) is 8.63. The molecular formula is C22H28ClN3O3S2. The Balaban J connectivity index is 0.00000272. The van der Waals surface area contributed by atoms with Crippen LogP contribution < -0.4 is 31.2 Å². The van der Waals surface area contributed by atoms with Gasteiger partial charge in [0.05, 0.1) is 35.8 Å². The monoisotopic (exact) mass is 481 g/mol. The summed E-state index contributed by atoms with van der Waals surface area (Å²) in [4.78, 5) is 7.42. The lowest BCUT2D eigenvalue weighted by Gasteiger charge is -2.13. The average Bonchev–Trinajstić information content (AvgIpc) is 3.37. The molecule has 0 saturated heterocycles. The highest BCUT2D eigenvalue weighted by Gasteiger charge is 2.36. The smallest absolute Gasteiger partial charge is 0.468 e. The van der Waals surface area contributed by atoms with Gasteiger partial charge in [0.25, 0.3) is 0 Å². The van der Waals surface area contributed by atoms with E-state index in [2.05, 4.69) is 28.4 Å². The molecule has 0 spiro atoms. The van der Waals surface area contributed by atoms with E-state index in [4.69, 9.17) is 14.2 Å². The van der Waals surface area contributed by atoms with Crippen LogP contribution in [0.15, 0.2) is 30.7 Å². The zero-order valence-corrected chi connectivity index (χ0v) is 20.4. The number of rotatable bonds is 10. The minimum absolute atomic E-state index is 0. The number of hydrogen-bond donors (Lipinski definition) is 1. The van der Waals surface area contributed by atoms with Gasteiger partial charge in [-0.2, -0.15) is 0 Å². The molecule has 1 N–H and O–H groups in total. The number of unbranched alkanes of at least 4 members (excludes halogenated alkanes) is 3. The van der Waals surface area contributed by atoms with Crippen molar-refractivity contribution >= 4 is 32.6 Å². The Morgan fingerprint density at radius 1 is 1.16 bits per heavy atom. The molecule has 1 unspecified atom stereocenters. The topological polar surface area (TPSA) is 60.2 Å². The fourth-order valence-corrected chi connectivity index (χ4v) is 5.82. The first kappa shape index (κ1) is 23.9. The quantitative estimate of drug-likeness (QED) is 0.273. The summed E-state index contributed by atoms with van der Waals surface area (Å²) < 4.78 is 19.9. The normalized spacial score (nSPS) is 12.9. The first-order valence-electron chi connectivity index (χ1n) is 10.3. The zero-order valence-electron chi connectivity index (χ0n) is 18.0. The number of H-pyrrole nitrogens is 1. The van der Waals surface area contributed by atoms with E-state index in [0.29, 0.717) is 5.75 Å². The molecule has 0 amide bonds. The van der Waals surface area contributed by atoms with Crippen LogP contribution in [-0.2, 0) is 5.75 Å². The van der Waals surface area contributed by atoms with Crippen LogP contribution in [0.4, 0.5) is 0 Å². The molecule has 0 saturated carbocycles. The van der Waals surface area contributed by atoms with Gasteiger partial charge in [0.1, 0.15) is 5.75 Å². The summed E-state index contributed by atoms with van der Waals surface area (Å²) >= 11 is 0. The maximum absolute atomic E-state index is 6.15. The number of fused-ring (bicyclic) bond motifs is 2. The molecule has 0 aliphatic carbocycles. The molecule has 9 heteroatoms. The molecule has 168 valence electrons. The molecule has 4 rings (SSSR count). The number of aromatic amines is 1. The third-order valence-electron chi connectivity index (χ3n) is 5.25. The summed E-state index contributed by atoms with van der Waals surface area (Å²) in [5.41, 5.74) is 4.05. The second kappa shape index (κ2) is 11.2. The Labute approximate surface area is 197 Å². The van der Waals surface area contributed by atoms with Crippen molar-refractivity contribution in [2.24, 2.45) is 0 Å². The van der Waals surface area contributed by atoms with E-state index in [1.165, 1.54) is 31.4 Å². The number of nitrogens with zero attached hydrogens (tertiary/aromatic N) is 2. The predicted octanol–water partition coefficient (Wildman–Crippen LogP) is 2.56. The highest BCUT2D eigenvalue weighted by Crippen LogP contribution is 2.40. The van der Waals surface area contributed by atoms with Gasteiger partial charge in [-0.15, -0.1) is 4.57 Å². The van der Waals surface area contributed by atoms with E-state index in [-0.39, 0.29) is 12.4 Å². The van der Waals surface area contributed by atoms with Crippen LogP contribution in [0.5, 0.6) is 17.2 Å². The Morgan fingerprint density at radius 3 is 2.74 bits per heavy atom. The number of halogens is 1. The molecule has 0 bridgehead atoms. The summed E-state index contributed by atoms with van der Waals surface area (Å²) in [5, 5.41) is 0. The van der Waals surface area contributed by atoms with Crippen molar-refractivity contribution < 1.29 is 31.2 Å². The molecular weight excluding hydrogens is 454 g/mol. The number of pyridine rings is 1. The van der Waals surface area contributed by atoms with Crippen LogP contribution in [0.1, 0.15) is 50.3 Å². The lowest BCUT2D eigenvalue weighted by atomic mass is 10.2. The van der Waals surface area contributed by atoms with E-state index in [0.717, 1.165) is 39.5 Å². The summed E-state index contributed by atoms with van der Waals surface area (Å²) in [7, 11) is 5.51. The molecule has 1 aliphatic rings. The van der Waals surface area contributed by atoms with E-state index >= 15 is 0 Å². The zero-order chi connectivity index (χ0) is 20.9. The third-order valence-corrected chi connectivity index (χ3v) is 7.62. The fourth-order valence-electron chi connectivity index (χ4n) is 3.53. The Bertz CT molecular complexity index is 975. The van der Waals surface area contributed by atoms with Crippen LogP contribution in [0.25, 0.3) is 11.0 Å². The first-order valence-corrected chi connectivity index (χ1v) is 12.8. The van der Waals surface area contributed by atoms with Gasteiger partial charge < -0.3 is 31.6 Å². The van der Waals surface area contributed by atoms with Crippen molar-refractivity contribution in [2.45, 2.75) is 51.7 Å². The number of nitrogens with one attached hydrogen (secondary N) is 1. The number of imidazole rings is 1. The number of methoxy groups -OCH3 is 1. The van der Waals surface area contributed by atoms with Gasteiger partial charge in [0.15, 0.2) is 17.7 Å². The van der Waals surface area contributed by atoms with Gasteiger partial charge in [-0.25, -0.2) is 4.98 Å². The summed E-state index contributed by atoms with van der Waals surface area (Å²) in [5.74, 6) is 4.34. The average molecular weight is 482 g/mol. The van der Waals surface area contributed by atoms with Crippen molar-refractivity contribution in [3.63, 3.8) is 0 Å². The van der Waals surface area contributed by atoms with Gasteiger partial charge >= 0.3 is 6.41 Å². The van der Waals surface area contributed by atoms with Gasteiger partial charge in [0.2, 0.25) is 5.69 Å². The summed E-state index contributed by atoms with van der Waals surface area (Å²) in [6, 6.07) is 5.82. The molecule has 2 aromatic heterocycles. The predicted molar refractivity (Wildman–Crippen MR) is 122 cm³/mol. The number of benzene rings is 1.